The number of nitrogens with zero attached hydrogens (tertiary/aromatic N) is 3. The third-order valence-electron chi connectivity index (χ3n) is 4.57. The first-order valence-electron chi connectivity index (χ1n) is 9.43. The molecule has 1 unspecified atom stereocenters. The molecule has 0 saturated heterocycles. The van der Waals surface area contributed by atoms with Gasteiger partial charge in [0.1, 0.15) is 6.04 Å². The fourth-order valence-corrected chi connectivity index (χ4v) is 4.28. The average molecular weight is 435 g/mol. The van der Waals surface area contributed by atoms with Crippen LogP contribution in [0.4, 0.5) is 17.1 Å². The molecule has 2 rings (SSSR count). The van der Waals surface area contributed by atoms with E-state index in [0.29, 0.717) is 13.1 Å². The predicted octanol–water partition coefficient (Wildman–Crippen LogP) is 2.39. The van der Waals surface area contributed by atoms with Crippen molar-refractivity contribution < 1.29 is 18.1 Å². The summed E-state index contributed by atoms with van der Waals surface area (Å²) in [5, 5.41) is 13.8. The summed E-state index contributed by atoms with van der Waals surface area (Å²) in [4.78, 5) is 25.2. The van der Waals surface area contributed by atoms with E-state index < -0.39 is 26.9 Å². The fourth-order valence-electron chi connectivity index (χ4n) is 3.08. The molecular formula is C20H26N4O5S. The summed E-state index contributed by atoms with van der Waals surface area (Å²) in [7, 11) is -1.97. The van der Waals surface area contributed by atoms with Gasteiger partial charge in [-0.25, -0.2) is 8.42 Å². The molecule has 0 saturated carbocycles. The Labute approximate surface area is 176 Å². The number of hydrogen-bond acceptors (Lipinski definition) is 6. The van der Waals surface area contributed by atoms with Crippen LogP contribution in [0.15, 0.2) is 54.6 Å². The minimum absolute atomic E-state index is 0.0788. The van der Waals surface area contributed by atoms with Crippen LogP contribution in [-0.2, 0) is 14.8 Å². The number of carbonyl (C=O) groups excluding carboxylic acids is 1. The molecule has 0 radical (unpaired) electrons. The first kappa shape index (κ1) is 23.1. The van der Waals surface area contributed by atoms with Crippen molar-refractivity contribution in [1.82, 2.24) is 5.32 Å². The van der Waals surface area contributed by atoms with Crippen molar-refractivity contribution in [2.24, 2.45) is 0 Å². The van der Waals surface area contributed by atoms with E-state index in [1.807, 2.05) is 42.3 Å². The molecule has 2 aromatic carbocycles. The number of carbonyl (C=O) groups is 1. The number of para-hydroxylation sites is 1. The Morgan fingerprint density at radius 3 is 2.33 bits per heavy atom. The SMILES string of the molecule is CCC(C(=O)NCCN(C)c1ccccc1)N(c1cccc([N+](=O)[O-])c1)S(C)(=O)=O. The zero-order chi connectivity index (χ0) is 22.3. The number of anilines is 2. The normalized spacial score (nSPS) is 12.1. The lowest BCUT2D eigenvalue weighted by Gasteiger charge is -2.30. The van der Waals surface area contributed by atoms with Gasteiger partial charge in [-0.3, -0.25) is 19.2 Å². The van der Waals surface area contributed by atoms with Gasteiger partial charge in [0.2, 0.25) is 15.9 Å². The fraction of sp³-hybridized carbons (Fsp3) is 0.350. The van der Waals surface area contributed by atoms with Gasteiger partial charge in [-0.05, 0) is 24.6 Å². The van der Waals surface area contributed by atoms with Crippen molar-refractivity contribution in [2.75, 3.05) is 35.6 Å². The largest absolute Gasteiger partial charge is 0.373 e. The van der Waals surface area contributed by atoms with E-state index in [1.54, 1.807) is 6.92 Å². The molecular weight excluding hydrogens is 408 g/mol. The Hall–Kier alpha value is -3.14. The van der Waals surface area contributed by atoms with Crippen LogP contribution in [0.5, 0.6) is 0 Å². The quantitative estimate of drug-likeness (QED) is 0.454. The Kier molecular flexibility index (Phi) is 7.76. The van der Waals surface area contributed by atoms with Crippen molar-refractivity contribution in [3.8, 4) is 0 Å². The van der Waals surface area contributed by atoms with Crippen molar-refractivity contribution in [2.45, 2.75) is 19.4 Å². The van der Waals surface area contributed by atoms with E-state index in [4.69, 9.17) is 0 Å². The van der Waals surface area contributed by atoms with Crippen molar-refractivity contribution >= 4 is 33.0 Å². The Morgan fingerprint density at radius 2 is 1.77 bits per heavy atom. The summed E-state index contributed by atoms with van der Waals surface area (Å²) in [6.45, 7) is 2.53. The van der Waals surface area contributed by atoms with Crippen LogP contribution < -0.4 is 14.5 Å². The molecule has 0 aromatic heterocycles. The second-order valence-electron chi connectivity index (χ2n) is 6.81. The molecule has 10 heteroatoms. The first-order chi connectivity index (χ1) is 14.1. The molecule has 0 aliphatic heterocycles. The van der Waals surface area contributed by atoms with Crippen molar-refractivity contribution in [3.05, 3.63) is 64.7 Å². The molecule has 1 atom stereocenters. The average Bonchev–Trinajstić information content (AvgIpc) is 2.71. The van der Waals surface area contributed by atoms with Gasteiger partial charge in [-0.15, -0.1) is 0 Å². The van der Waals surface area contributed by atoms with E-state index in [9.17, 15) is 23.3 Å². The zero-order valence-electron chi connectivity index (χ0n) is 17.2. The number of amides is 1. The highest BCUT2D eigenvalue weighted by Gasteiger charge is 2.32. The van der Waals surface area contributed by atoms with Crippen molar-refractivity contribution in [1.29, 1.82) is 0 Å². The monoisotopic (exact) mass is 434 g/mol. The Balaban J connectivity index is 2.16. The van der Waals surface area contributed by atoms with Gasteiger partial charge in [0.05, 0.1) is 16.9 Å². The topological polar surface area (TPSA) is 113 Å². The lowest BCUT2D eigenvalue weighted by molar-refractivity contribution is -0.384. The van der Waals surface area contributed by atoms with Gasteiger partial charge in [0, 0.05) is 38.0 Å². The Bertz CT molecular complexity index is 982. The first-order valence-corrected chi connectivity index (χ1v) is 11.3. The van der Waals surface area contributed by atoms with Gasteiger partial charge >= 0.3 is 0 Å². The lowest BCUT2D eigenvalue weighted by atomic mass is 10.2. The maximum Gasteiger partial charge on any atom is 0.271 e. The molecule has 30 heavy (non-hydrogen) atoms. The van der Waals surface area contributed by atoms with Gasteiger partial charge in [-0.2, -0.15) is 0 Å². The number of likely N-dealkylation sites (N-methyl/N-ethyl adjacent to an activating group) is 1. The molecule has 162 valence electrons. The number of benzene rings is 2. The number of non-ortho nitro benzene ring substituents is 1. The lowest BCUT2D eigenvalue weighted by Crippen LogP contribution is -2.50. The molecule has 0 spiro atoms. The summed E-state index contributed by atoms with van der Waals surface area (Å²) in [5.74, 6) is -0.462. The summed E-state index contributed by atoms with van der Waals surface area (Å²) in [5.41, 5.74) is 0.823. The van der Waals surface area contributed by atoms with E-state index in [-0.39, 0.29) is 17.8 Å². The number of hydrogen-bond donors (Lipinski definition) is 1. The summed E-state index contributed by atoms with van der Waals surface area (Å²) >= 11 is 0. The third-order valence-corrected chi connectivity index (χ3v) is 5.75. The van der Waals surface area contributed by atoms with Crippen LogP contribution in [0.2, 0.25) is 0 Å². The smallest absolute Gasteiger partial charge is 0.271 e. The van der Waals surface area contributed by atoms with Crippen LogP contribution in [0.25, 0.3) is 0 Å². The van der Waals surface area contributed by atoms with Crippen molar-refractivity contribution in [3.63, 3.8) is 0 Å². The van der Waals surface area contributed by atoms with Gasteiger partial charge < -0.3 is 10.2 Å². The molecule has 0 heterocycles. The number of nitro groups is 1. The number of sulfonamides is 1. The molecule has 0 aliphatic carbocycles. The van der Waals surface area contributed by atoms with E-state index >= 15 is 0 Å². The molecule has 0 bridgehead atoms. The maximum atomic E-state index is 12.8. The number of nitro benzene ring substituents is 1. The summed E-state index contributed by atoms with van der Waals surface area (Å²) in [6, 6.07) is 13.9. The van der Waals surface area contributed by atoms with Crippen LogP contribution in [0.1, 0.15) is 13.3 Å². The Morgan fingerprint density at radius 1 is 1.13 bits per heavy atom. The molecule has 1 N–H and O–H groups in total. The minimum Gasteiger partial charge on any atom is -0.373 e. The zero-order valence-corrected chi connectivity index (χ0v) is 18.0. The van der Waals surface area contributed by atoms with Gasteiger partial charge in [-0.1, -0.05) is 31.2 Å². The second-order valence-corrected chi connectivity index (χ2v) is 8.67. The van der Waals surface area contributed by atoms with Crippen LogP contribution in [-0.4, -0.2) is 51.7 Å². The highest BCUT2D eigenvalue weighted by atomic mass is 32.2. The standard InChI is InChI=1S/C20H26N4O5S/c1-4-19(20(25)21-13-14-22(2)16-9-6-5-7-10-16)23(30(3,28)29)17-11-8-12-18(15-17)24(26)27/h5-12,15,19H,4,13-14H2,1-3H3,(H,21,25). The van der Waals surface area contributed by atoms with Crippen LogP contribution >= 0.6 is 0 Å². The molecule has 2 aromatic rings. The molecule has 1 amide bonds. The molecule has 9 nitrogen and oxygen atoms in total. The van der Waals surface area contributed by atoms with E-state index in [1.165, 1.54) is 18.2 Å². The highest BCUT2D eigenvalue weighted by molar-refractivity contribution is 7.92. The maximum absolute atomic E-state index is 12.8. The van der Waals surface area contributed by atoms with Gasteiger partial charge in [0.15, 0.2) is 0 Å². The van der Waals surface area contributed by atoms with Crippen LogP contribution in [0.3, 0.4) is 0 Å². The second kappa shape index (κ2) is 10.1. The number of nitrogens with one attached hydrogen (secondary N) is 1. The van der Waals surface area contributed by atoms with E-state index in [0.717, 1.165) is 22.3 Å². The number of rotatable bonds is 10. The predicted molar refractivity (Wildman–Crippen MR) is 117 cm³/mol. The third kappa shape index (κ3) is 5.93. The molecule has 0 fully saturated rings. The molecule has 0 aliphatic rings. The highest BCUT2D eigenvalue weighted by Crippen LogP contribution is 2.26. The summed E-state index contributed by atoms with van der Waals surface area (Å²) in [6.07, 6.45) is 1.18. The van der Waals surface area contributed by atoms with E-state index in [2.05, 4.69) is 5.32 Å². The van der Waals surface area contributed by atoms with Crippen LogP contribution in [0, 0.1) is 10.1 Å². The minimum atomic E-state index is -3.86. The summed E-state index contributed by atoms with van der Waals surface area (Å²) < 4.78 is 25.8. The van der Waals surface area contributed by atoms with Gasteiger partial charge in [0.25, 0.3) is 5.69 Å².